The van der Waals surface area contributed by atoms with E-state index in [1.807, 2.05) is 44.2 Å². The number of nitrogens with one attached hydrogen (secondary N) is 1. The molecule has 2 aliphatic rings. The summed E-state index contributed by atoms with van der Waals surface area (Å²) in [6.07, 6.45) is 2.88. The van der Waals surface area contributed by atoms with Gasteiger partial charge in [-0.2, -0.15) is 0 Å². The molecule has 2 N–H and O–H groups in total. The normalized spacial score (nSPS) is 17.3. The van der Waals surface area contributed by atoms with Crippen molar-refractivity contribution in [3.63, 3.8) is 0 Å². The predicted molar refractivity (Wildman–Crippen MR) is 133 cm³/mol. The number of amides is 2. The second-order valence-electron chi connectivity index (χ2n) is 9.47. The first kappa shape index (κ1) is 24.5. The number of carboxylic acids is 1. The Morgan fingerprint density at radius 1 is 1.09 bits per heavy atom. The van der Waals surface area contributed by atoms with Crippen LogP contribution in [0.2, 0.25) is 0 Å². The van der Waals surface area contributed by atoms with Gasteiger partial charge < -0.3 is 20.1 Å². The van der Waals surface area contributed by atoms with Gasteiger partial charge in [-0.05, 0) is 55.4 Å². The molecule has 2 atom stereocenters. The Bertz CT molecular complexity index is 1090. The van der Waals surface area contributed by atoms with Gasteiger partial charge in [0.2, 0.25) is 5.91 Å². The molecule has 1 aliphatic heterocycles. The van der Waals surface area contributed by atoms with Crippen LogP contribution in [0.5, 0.6) is 0 Å². The fraction of sp³-hybridized carbons (Fsp3) is 0.393. The molecule has 1 heterocycles. The van der Waals surface area contributed by atoms with Crippen LogP contribution < -0.4 is 5.32 Å². The third-order valence-electron chi connectivity index (χ3n) is 6.77. The fourth-order valence-corrected chi connectivity index (χ4v) is 5.10. The van der Waals surface area contributed by atoms with E-state index in [9.17, 15) is 19.5 Å². The summed E-state index contributed by atoms with van der Waals surface area (Å²) < 4.78 is 5.65. The first-order valence-corrected chi connectivity index (χ1v) is 12.1. The molecule has 2 amide bonds. The monoisotopic (exact) mass is 476 g/mol. The fourth-order valence-electron chi connectivity index (χ4n) is 5.10. The van der Waals surface area contributed by atoms with Crippen LogP contribution >= 0.6 is 0 Å². The Morgan fingerprint density at radius 2 is 1.71 bits per heavy atom. The molecule has 7 heteroatoms. The summed E-state index contributed by atoms with van der Waals surface area (Å²) in [6.45, 7) is 4.51. The first-order valence-electron chi connectivity index (χ1n) is 12.1. The summed E-state index contributed by atoms with van der Waals surface area (Å²) in [4.78, 5) is 39.0. The molecule has 0 spiro atoms. The minimum atomic E-state index is -0.931. The SMILES string of the molecule is CC(C)=CCC(NC(=O)OCC1c2ccccc2-c2ccccc21)C(=O)N1CCC[C@H]1CC(=O)O. The van der Waals surface area contributed by atoms with E-state index in [0.717, 1.165) is 34.2 Å². The van der Waals surface area contributed by atoms with Crippen molar-refractivity contribution in [2.45, 2.75) is 57.5 Å². The zero-order valence-electron chi connectivity index (χ0n) is 20.2. The topological polar surface area (TPSA) is 95.9 Å². The maximum absolute atomic E-state index is 13.3. The number of likely N-dealkylation sites (tertiary alicyclic amines) is 1. The van der Waals surface area contributed by atoms with Gasteiger partial charge in [-0.15, -0.1) is 0 Å². The molecule has 1 unspecified atom stereocenters. The number of allylic oxidation sites excluding steroid dienone is 1. The Labute approximate surface area is 205 Å². The predicted octanol–water partition coefficient (Wildman–Crippen LogP) is 4.72. The highest BCUT2D eigenvalue weighted by Gasteiger charge is 2.35. The number of rotatable bonds is 8. The van der Waals surface area contributed by atoms with Gasteiger partial charge in [0.25, 0.3) is 0 Å². The lowest BCUT2D eigenvalue weighted by molar-refractivity contribution is -0.140. The molecule has 1 fully saturated rings. The number of alkyl carbamates (subject to hydrolysis) is 1. The zero-order chi connectivity index (χ0) is 24.9. The van der Waals surface area contributed by atoms with Crippen molar-refractivity contribution in [2.24, 2.45) is 0 Å². The highest BCUT2D eigenvalue weighted by Crippen LogP contribution is 2.44. The van der Waals surface area contributed by atoms with Gasteiger partial charge in [0, 0.05) is 18.5 Å². The van der Waals surface area contributed by atoms with E-state index in [-0.39, 0.29) is 30.9 Å². The minimum Gasteiger partial charge on any atom is -0.481 e. The number of carboxylic acid groups (broad SMARTS) is 1. The average Bonchev–Trinajstić information content (AvgIpc) is 3.42. The van der Waals surface area contributed by atoms with Crippen molar-refractivity contribution in [1.82, 2.24) is 10.2 Å². The molecule has 1 aliphatic carbocycles. The number of benzene rings is 2. The molecule has 184 valence electrons. The molecule has 35 heavy (non-hydrogen) atoms. The summed E-state index contributed by atoms with van der Waals surface area (Å²) in [5.74, 6) is -1.27. The van der Waals surface area contributed by atoms with Gasteiger partial charge in [0.1, 0.15) is 12.6 Å². The molecule has 0 saturated carbocycles. The van der Waals surface area contributed by atoms with Gasteiger partial charge in [0.15, 0.2) is 0 Å². The van der Waals surface area contributed by atoms with E-state index in [4.69, 9.17) is 4.74 Å². The summed E-state index contributed by atoms with van der Waals surface area (Å²) in [6, 6.07) is 15.1. The maximum Gasteiger partial charge on any atom is 0.407 e. The van der Waals surface area contributed by atoms with Gasteiger partial charge in [-0.1, -0.05) is 60.2 Å². The quantitative estimate of drug-likeness (QED) is 0.538. The Balaban J connectivity index is 1.45. The number of nitrogens with zero attached hydrogens (tertiary/aromatic N) is 1. The lowest BCUT2D eigenvalue weighted by atomic mass is 9.98. The largest absolute Gasteiger partial charge is 0.481 e. The van der Waals surface area contributed by atoms with Crippen molar-refractivity contribution in [3.05, 3.63) is 71.3 Å². The number of carbonyl (C=O) groups excluding carboxylic acids is 2. The smallest absolute Gasteiger partial charge is 0.407 e. The third kappa shape index (κ3) is 5.56. The van der Waals surface area contributed by atoms with Crippen molar-refractivity contribution in [3.8, 4) is 11.1 Å². The number of fused-ring (bicyclic) bond motifs is 3. The lowest BCUT2D eigenvalue weighted by Gasteiger charge is -2.28. The van der Waals surface area contributed by atoms with Gasteiger partial charge in [0.05, 0.1) is 6.42 Å². The summed E-state index contributed by atoms with van der Waals surface area (Å²) in [5.41, 5.74) is 5.56. The van der Waals surface area contributed by atoms with Gasteiger partial charge in [-0.25, -0.2) is 4.79 Å². The van der Waals surface area contributed by atoms with Crippen LogP contribution in [0.25, 0.3) is 11.1 Å². The van der Waals surface area contributed by atoms with E-state index in [2.05, 4.69) is 29.6 Å². The molecule has 7 nitrogen and oxygen atoms in total. The molecule has 0 radical (unpaired) electrons. The molecular weight excluding hydrogens is 444 g/mol. The number of hydrogen-bond donors (Lipinski definition) is 2. The molecule has 0 bridgehead atoms. The molecule has 2 aromatic rings. The molecule has 1 saturated heterocycles. The van der Waals surface area contributed by atoms with E-state index in [0.29, 0.717) is 19.4 Å². The van der Waals surface area contributed by atoms with Crippen LogP contribution in [-0.4, -0.2) is 53.2 Å². The van der Waals surface area contributed by atoms with Crippen LogP contribution in [0.4, 0.5) is 4.79 Å². The molecular formula is C28H32N2O5. The summed E-state index contributed by atoms with van der Waals surface area (Å²) in [5, 5.41) is 12.0. The van der Waals surface area contributed by atoms with Crippen LogP contribution in [0.1, 0.15) is 56.6 Å². The van der Waals surface area contributed by atoms with Crippen LogP contribution in [0.15, 0.2) is 60.2 Å². The van der Waals surface area contributed by atoms with Crippen LogP contribution in [0.3, 0.4) is 0 Å². The highest BCUT2D eigenvalue weighted by atomic mass is 16.5. The van der Waals surface area contributed by atoms with E-state index >= 15 is 0 Å². The maximum atomic E-state index is 13.3. The number of ether oxygens (including phenoxy) is 1. The van der Waals surface area contributed by atoms with E-state index in [1.165, 1.54) is 0 Å². The second kappa shape index (κ2) is 10.8. The van der Waals surface area contributed by atoms with Crippen molar-refractivity contribution < 1.29 is 24.2 Å². The summed E-state index contributed by atoms with van der Waals surface area (Å²) >= 11 is 0. The molecule has 0 aromatic heterocycles. The van der Waals surface area contributed by atoms with Crippen LogP contribution in [0, 0.1) is 0 Å². The molecule has 4 rings (SSSR count). The summed E-state index contributed by atoms with van der Waals surface area (Å²) in [7, 11) is 0. The van der Waals surface area contributed by atoms with Crippen molar-refractivity contribution >= 4 is 18.0 Å². The number of carbonyl (C=O) groups is 3. The zero-order valence-corrected chi connectivity index (χ0v) is 20.2. The Hall–Kier alpha value is -3.61. The van der Waals surface area contributed by atoms with Gasteiger partial charge in [-0.3, -0.25) is 9.59 Å². The lowest BCUT2D eigenvalue weighted by Crippen LogP contribution is -2.50. The van der Waals surface area contributed by atoms with E-state index < -0.39 is 18.1 Å². The first-order chi connectivity index (χ1) is 16.8. The third-order valence-corrected chi connectivity index (χ3v) is 6.77. The van der Waals surface area contributed by atoms with Crippen LogP contribution in [-0.2, 0) is 14.3 Å². The van der Waals surface area contributed by atoms with Crippen molar-refractivity contribution in [2.75, 3.05) is 13.2 Å². The highest BCUT2D eigenvalue weighted by molar-refractivity contribution is 5.87. The standard InChI is InChI=1S/C28H32N2O5/c1-18(2)13-14-25(27(33)30-15-7-8-19(30)16-26(31)32)29-28(34)35-17-24-22-11-5-3-9-20(22)21-10-4-6-12-23(21)24/h3-6,9-13,19,24-25H,7-8,14-17H2,1-2H3,(H,29,34)(H,31,32)/t19-,25?/m0/s1. The van der Waals surface area contributed by atoms with Crippen molar-refractivity contribution in [1.29, 1.82) is 0 Å². The average molecular weight is 477 g/mol. The van der Waals surface area contributed by atoms with E-state index in [1.54, 1.807) is 4.90 Å². The number of aliphatic carboxylic acids is 1. The molecule has 2 aromatic carbocycles. The second-order valence-corrected chi connectivity index (χ2v) is 9.47. The Kier molecular flexibility index (Phi) is 7.54. The Morgan fingerprint density at radius 3 is 2.31 bits per heavy atom. The number of hydrogen-bond acceptors (Lipinski definition) is 4. The minimum absolute atomic E-state index is 0.0707. The van der Waals surface area contributed by atoms with Gasteiger partial charge >= 0.3 is 12.1 Å².